The predicted molar refractivity (Wildman–Crippen MR) is 77.4 cm³/mol. The van der Waals surface area contributed by atoms with E-state index in [0.29, 0.717) is 17.8 Å². The van der Waals surface area contributed by atoms with Crippen molar-refractivity contribution in [2.45, 2.75) is 13.3 Å². The van der Waals surface area contributed by atoms with Crippen LogP contribution in [0.5, 0.6) is 0 Å². The summed E-state index contributed by atoms with van der Waals surface area (Å²) < 4.78 is 13.4. The Balaban J connectivity index is 2.04. The number of anilines is 2. The van der Waals surface area contributed by atoms with E-state index in [-0.39, 0.29) is 5.91 Å². The van der Waals surface area contributed by atoms with Gasteiger partial charge in [-0.25, -0.2) is 4.39 Å². The minimum Gasteiger partial charge on any atom is -0.397 e. The second-order valence-electron chi connectivity index (χ2n) is 5.02. The van der Waals surface area contributed by atoms with Crippen molar-refractivity contribution in [1.82, 2.24) is 0 Å². The Labute approximate surface area is 116 Å². The molecular weight excluding hydrogens is 255 g/mol. The minimum atomic E-state index is -0.403. The normalized spacial score (nSPS) is 13.4. The van der Waals surface area contributed by atoms with E-state index in [9.17, 15) is 9.18 Å². The number of nitrogens with zero attached hydrogens (tertiary/aromatic N) is 1. The molecule has 0 saturated heterocycles. The van der Waals surface area contributed by atoms with Crippen LogP contribution >= 0.6 is 0 Å². The monoisotopic (exact) mass is 270 g/mol. The quantitative estimate of drug-likeness (QED) is 0.810. The van der Waals surface area contributed by atoms with E-state index >= 15 is 0 Å². The maximum Gasteiger partial charge on any atom is 0.258 e. The average Bonchev–Trinajstić information content (AvgIpc) is 2.86. The van der Waals surface area contributed by atoms with Crippen LogP contribution in [0.25, 0.3) is 0 Å². The van der Waals surface area contributed by atoms with Gasteiger partial charge in [-0.2, -0.15) is 0 Å². The molecule has 0 aromatic heterocycles. The van der Waals surface area contributed by atoms with E-state index in [4.69, 9.17) is 5.73 Å². The van der Waals surface area contributed by atoms with Crippen LogP contribution < -0.4 is 10.6 Å². The molecule has 2 aromatic rings. The Hall–Kier alpha value is -2.36. The molecule has 1 heterocycles. The van der Waals surface area contributed by atoms with Crippen molar-refractivity contribution in [3.05, 3.63) is 58.9 Å². The van der Waals surface area contributed by atoms with Crippen molar-refractivity contribution in [3.8, 4) is 0 Å². The van der Waals surface area contributed by atoms with Gasteiger partial charge in [0.05, 0.1) is 11.4 Å². The van der Waals surface area contributed by atoms with E-state index in [0.717, 1.165) is 23.2 Å². The van der Waals surface area contributed by atoms with Crippen molar-refractivity contribution in [2.24, 2.45) is 0 Å². The maximum atomic E-state index is 13.4. The summed E-state index contributed by atoms with van der Waals surface area (Å²) in [5, 5.41) is 0. The predicted octanol–water partition coefficient (Wildman–Crippen LogP) is 2.92. The molecule has 3 nitrogen and oxygen atoms in total. The Kier molecular flexibility index (Phi) is 2.93. The molecule has 3 rings (SSSR count). The standard InChI is InChI=1S/C16H15FN2O/c1-10-5-6-12(17)9-13(10)16(20)19-8-7-11-3-2-4-14(18)15(11)19/h2-6,9H,7-8,18H2,1H3. The van der Waals surface area contributed by atoms with Crippen molar-refractivity contribution in [2.75, 3.05) is 17.2 Å². The van der Waals surface area contributed by atoms with Gasteiger partial charge in [-0.1, -0.05) is 18.2 Å². The van der Waals surface area contributed by atoms with Crippen LogP contribution in [0.15, 0.2) is 36.4 Å². The van der Waals surface area contributed by atoms with Gasteiger partial charge in [-0.15, -0.1) is 0 Å². The summed E-state index contributed by atoms with van der Waals surface area (Å²) in [7, 11) is 0. The molecule has 0 radical (unpaired) electrons. The fourth-order valence-corrected chi connectivity index (χ4v) is 2.66. The van der Waals surface area contributed by atoms with Crippen molar-refractivity contribution in [1.29, 1.82) is 0 Å². The number of hydrogen-bond donors (Lipinski definition) is 1. The summed E-state index contributed by atoms with van der Waals surface area (Å²) in [6, 6.07) is 9.90. The summed E-state index contributed by atoms with van der Waals surface area (Å²) in [4.78, 5) is 14.3. The van der Waals surface area contributed by atoms with Gasteiger partial charge in [0.2, 0.25) is 0 Å². The van der Waals surface area contributed by atoms with Crippen LogP contribution in [0.2, 0.25) is 0 Å². The van der Waals surface area contributed by atoms with E-state index in [1.165, 1.54) is 12.1 Å². The average molecular weight is 270 g/mol. The molecular formula is C16H15FN2O. The molecule has 102 valence electrons. The summed E-state index contributed by atoms with van der Waals surface area (Å²) >= 11 is 0. The van der Waals surface area contributed by atoms with Crippen LogP contribution in [-0.2, 0) is 6.42 Å². The number of aryl methyl sites for hydroxylation is 1. The number of nitrogen functional groups attached to an aromatic ring is 1. The van der Waals surface area contributed by atoms with Crippen LogP contribution in [0.4, 0.5) is 15.8 Å². The lowest BCUT2D eigenvalue weighted by atomic mass is 10.1. The van der Waals surface area contributed by atoms with Gasteiger partial charge in [0.15, 0.2) is 0 Å². The third-order valence-corrected chi connectivity index (χ3v) is 3.70. The molecule has 2 aromatic carbocycles. The molecule has 0 aliphatic carbocycles. The molecule has 2 N–H and O–H groups in total. The Morgan fingerprint density at radius 1 is 1.30 bits per heavy atom. The zero-order chi connectivity index (χ0) is 14.3. The molecule has 0 fully saturated rings. The largest absolute Gasteiger partial charge is 0.397 e. The molecule has 1 aliphatic rings. The Morgan fingerprint density at radius 2 is 2.10 bits per heavy atom. The summed E-state index contributed by atoms with van der Waals surface area (Å²) in [6.45, 7) is 2.39. The lowest BCUT2D eigenvalue weighted by Crippen LogP contribution is -2.30. The molecule has 0 bridgehead atoms. The van der Waals surface area contributed by atoms with Crippen molar-refractivity contribution in [3.63, 3.8) is 0 Å². The highest BCUT2D eigenvalue weighted by molar-refractivity contribution is 6.09. The zero-order valence-corrected chi connectivity index (χ0v) is 11.2. The minimum absolute atomic E-state index is 0.196. The summed E-state index contributed by atoms with van der Waals surface area (Å²) in [5.74, 6) is -0.599. The number of halogens is 1. The van der Waals surface area contributed by atoms with E-state index in [1.54, 1.807) is 24.0 Å². The first kappa shape index (κ1) is 12.7. The van der Waals surface area contributed by atoms with Crippen LogP contribution in [0, 0.1) is 12.7 Å². The number of nitrogens with two attached hydrogens (primary N) is 1. The second kappa shape index (κ2) is 4.63. The Bertz CT molecular complexity index is 697. The molecule has 1 amide bonds. The summed E-state index contributed by atoms with van der Waals surface area (Å²) in [6.07, 6.45) is 0.778. The smallest absolute Gasteiger partial charge is 0.258 e. The maximum absolute atomic E-state index is 13.4. The molecule has 0 spiro atoms. The van der Waals surface area contributed by atoms with Crippen LogP contribution in [-0.4, -0.2) is 12.5 Å². The van der Waals surface area contributed by atoms with Crippen molar-refractivity contribution < 1.29 is 9.18 Å². The van der Waals surface area contributed by atoms with Gasteiger partial charge in [0.25, 0.3) is 5.91 Å². The third kappa shape index (κ3) is 1.93. The van der Waals surface area contributed by atoms with Gasteiger partial charge in [-0.05, 0) is 42.7 Å². The number of rotatable bonds is 1. The highest BCUT2D eigenvalue weighted by atomic mass is 19.1. The molecule has 20 heavy (non-hydrogen) atoms. The SMILES string of the molecule is Cc1ccc(F)cc1C(=O)N1CCc2cccc(N)c21. The molecule has 0 atom stereocenters. The van der Waals surface area contributed by atoms with Crippen LogP contribution in [0.1, 0.15) is 21.5 Å². The van der Waals surface area contributed by atoms with E-state index in [2.05, 4.69) is 0 Å². The summed E-state index contributed by atoms with van der Waals surface area (Å²) in [5.41, 5.74) is 9.54. The number of para-hydroxylation sites is 1. The number of carbonyl (C=O) groups excluding carboxylic acids is 1. The Morgan fingerprint density at radius 3 is 2.90 bits per heavy atom. The van der Waals surface area contributed by atoms with Gasteiger partial charge >= 0.3 is 0 Å². The first-order valence-corrected chi connectivity index (χ1v) is 6.53. The van der Waals surface area contributed by atoms with Crippen LogP contribution in [0.3, 0.4) is 0 Å². The number of benzene rings is 2. The van der Waals surface area contributed by atoms with Gasteiger partial charge in [0.1, 0.15) is 5.82 Å². The van der Waals surface area contributed by atoms with Crippen molar-refractivity contribution >= 4 is 17.3 Å². The molecule has 4 heteroatoms. The lowest BCUT2D eigenvalue weighted by molar-refractivity contribution is 0.0988. The lowest BCUT2D eigenvalue weighted by Gasteiger charge is -2.20. The highest BCUT2D eigenvalue weighted by Gasteiger charge is 2.28. The first-order valence-electron chi connectivity index (χ1n) is 6.53. The van der Waals surface area contributed by atoms with Gasteiger partial charge in [-0.3, -0.25) is 4.79 Å². The highest BCUT2D eigenvalue weighted by Crippen LogP contribution is 2.34. The molecule has 1 aliphatic heterocycles. The fourth-order valence-electron chi connectivity index (χ4n) is 2.66. The molecule has 0 saturated carbocycles. The number of fused-ring (bicyclic) bond motifs is 1. The van der Waals surface area contributed by atoms with E-state index < -0.39 is 5.82 Å². The molecule has 0 unspecified atom stereocenters. The topological polar surface area (TPSA) is 46.3 Å². The number of hydrogen-bond acceptors (Lipinski definition) is 2. The number of amides is 1. The van der Waals surface area contributed by atoms with E-state index in [1.807, 2.05) is 12.1 Å². The third-order valence-electron chi connectivity index (χ3n) is 3.70. The second-order valence-corrected chi connectivity index (χ2v) is 5.02. The number of carbonyl (C=O) groups is 1. The first-order chi connectivity index (χ1) is 9.58. The van der Waals surface area contributed by atoms with Gasteiger partial charge < -0.3 is 10.6 Å². The zero-order valence-electron chi connectivity index (χ0n) is 11.2. The van der Waals surface area contributed by atoms with Gasteiger partial charge in [0, 0.05) is 12.1 Å². The fraction of sp³-hybridized carbons (Fsp3) is 0.188.